The molecule has 1 aliphatic heterocycles. The van der Waals surface area contributed by atoms with E-state index in [1.165, 1.54) is 29.5 Å². The van der Waals surface area contributed by atoms with E-state index in [1.54, 1.807) is 12.1 Å². The molecule has 33 heavy (non-hydrogen) atoms. The fraction of sp³-hybridized carbons (Fsp3) is 0.174. The van der Waals surface area contributed by atoms with Crippen LogP contribution in [0.15, 0.2) is 60.3 Å². The fourth-order valence-electron chi connectivity index (χ4n) is 3.29. The number of carbonyl (C=O) groups excluding carboxylic acids is 3. The van der Waals surface area contributed by atoms with Crippen LogP contribution in [-0.2, 0) is 17.9 Å². The molecule has 0 spiro atoms. The number of benzene rings is 2. The van der Waals surface area contributed by atoms with Crippen LogP contribution in [0.1, 0.15) is 32.1 Å². The topological polar surface area (TPSA) is 118 Å². The Hall–Kier alpha value is -3.92. The zero-order valence-corrected chi connectivity index (χ0v) is 18.7. The zero-order valence-electron chi connectivity index (χ0n) is 17.9. The Morgan fingerprint density at radius 2 is 1.82 bits per heavy atom. The first-order valence-electron chi connectivity index (χ1n) is 10.2. The van der Waals surface area contributed by atoms with Crippen LogP contribution < -0.4 is 16.0 Å². The molecule has 0 fully saturated rings. The number of aromatic nitrogens is 3. The predicted molar refractivity (Wildman–Crippen MR) is 126 cm³/mol. The van der Waals surface area contributed by atoms with E-state index in [9.17, 15) is 14.4 Å². The highest BCUT2D eigenvalue weighted by molar-refractivity contribution is 7.99. The molecule has 3 N–H and O–H groups in total. The van der Waals surface area contributed by atoms with Crippen LogP contribution in [0, 0.1) is 6.92 Å². The second kappa shape index (κ2) is 9.70. The van der Waals surface area contributed by atoms with Crippen molar-refractivity contribution in [3.8, 4) is 0 Å². The number of imide groups is 1. The number of thioether (sulfide) groups is 1. The van der Waals surface area contributed by atoms with Crippen LogP contribution in [0.4, 0.5) is 11.4 Å². The zero-order chi connectivity index (χ0) is 23.4. The van der Waals surface area contributed by atoms with E-state index >= 15 is 0 Å². The summed E-state index contributed by atoms with van der Waals surface area (Å²) in [6, 6.07) is 12.7. The summed E-state index contributed by atoms with van der Waals surface area (Å²) in [6.07, 6.45) is 1.75. The van der Waals surface area contributed by atoms with Gasteiger partial charge in [0.25, 0.3) is 11.8 Å². The number of nitrogens with one attached hydrogen (secondary N) is 3. The molecule has 0 saturated heterocycles. The molecule has 10 heteroatoms. The number of hydrogen-bond donors (Lipinski definition) is 3. The van der Waals surface area contributed by atoms with Crippen LogP contribution in [0.5, 0.6) is 0 Å². The molecular weight excluding hydrogens is 440 g/mol. The Kier molecular flexibility index (Phi) is 6.55. The van der Waals surface area contributed by atoms with Crippen molar-refractivity contribution in [2.24, 2.45) is 0 Å². The number of rotatable bonds is 9. The molecule has 3 amide bonds. The lowest BCUT2D eigenvalue weighted by molar-refractivity contribution is -0.113. The second-order valence-electron chi connectivity index (χ2n) is 7.40. The highest BCUT2D eigenvalue weighted by Crippen LogP contribution is 2.22. The Labute approximate surface area is 194 Å². The third kappa shape index (κ3) is 5.12. The number of anilines is 2. The maximum atomic E-state index is 12.5. The minimum atomic E-state index is -0.468. The van der Waals surface area contributed by atoms with Crippen molar-refractivity contribution < 1.29 is 14.4 Å². The minimum absolute atomic E-state index is 0.100. The van der Waals surface area contributed by atoms with E-state index in [-0.39, 0.29) is 17.2 Å². The van der Waals surface area contributed by atoms with Crippen molar-refractivity contribution >= 4 is 40.9 Å². The average Bonchev–Trinajstić information content (AvgIpc) is 3.31. The first-order valence-corrected chi connectivity index (χ1v) is 11.2. The molecule has 0 atom stereocenters. The quantitative estimate of drug-likeness (QED) is 0.254. The lowest BCUT2D eigenvalue weighted by Gasteiger charge is -2.10. The molecule has 2 aromatic carbocycles. The Morgan fingerprint density at radius 1 is 1.09 bits per heavy atom. The summed E-state index contributed by atoms with van der Waals surface area (Å²) in [5.41, 5.74) is 3.16. The van der Waals surface area contributed by atoms with Crippen LogP contribution in [0.25, 0.3) is 0 Å². The van der Waals surface area contributed by atoms with Crippen molar-refractivity contribution in [3.05, 3.63) is 77.6 Å². The fourth-order valence-corrected chi connectivity index (χ4v) is 4.06. The van der Waals surface area contributed by atoms with E-state index in [1.807, 2.05) is 35.8 Å². The Morgan fingerprint density at radius 3 is 2.58 bits per heavy atom. The Bertz CT molecular complexity index is 1240. The van der Waals surface area contributed by atoms with Crippen molar-refractivity contribution in [1.29, 1.82) is 0 Å². The number of hydrogen-bond acceptors (Lipinski definition) is 7. The Balaban J connectivity index is 1.37. The lowest BCUT2D eigenvalue weighted by atomic mass is 10.1. The number of carbonyl (C=O) groups is 3. The number of nitrogens with zero attached hydrogens (tertiary/aromatic N) is 3. The summed E-state index contributed by atoms with van der Waals surface area (Å²) in [5.74, 6) is -0.338. The second-order valence-corrected chi connectivity index (χ2v) is 8.34. The van der Waals surface area contributed by atoms with Gasteiger partial charge in [-0.2, -0.15) is 0 Å². The van der Waals surface area contributed by atoms with Crippen molar-refractivity contribution in [3.63, 3.8) is 0 Å². The molecule has 4 rings (SSSR count). The molecule has 3 aromatic rings. The van der Waals surface area contributed by atoms with E-state index < -0.39 is 11.8 Å². The van der Waals surface area contributed by atoms with Gasteiger partial charge in [0.05, 0.1) is 23.4 Å². The molecule has 168 valence electrons. The third-order valence-electron chi connectivity index (χ3n) is 4.96. The van der Waals surface area contributed by atoms with Crippen molar-refractivity contribution in [2.45, 2.75) is 25.2 Å². The van der Waals surface area contributed by atoms with Gasteiger partial charge in [-0.15, -0.1) is 16.8 Å². The molecule has 2 heterocycles. The van der Waals surface area contributed by atoms with E-state index in [0.717, 1.165) is 11.5 Å². The van der Waals surface area contributed by atoms with Gasteiger partial charge in [0.2, 0.25) is 5.91 Å². The van der Waals surface area contributed by atoms with E-state index in [4.69, 9.17) is 0 Å². The first-order chi connectivity index (χ1) is 15.9. The van der Waals surface area contributed by atoms with Gasteiger partial charge in [-0.05, 0) is 37.3 Å². The maximum absolute atomic E-state index is 12.5. The standard InChI is InChI=1S/C23H22N6O3S/c1-3-10-29-19(12-24-15-6-4-14(2)5-7-15)27-28-23(29)33-13-20(30)25-16-8-9-17-18(11-16)22(32)26-21(17)31/h3-9,11,24H,1,10,12-13H2,2H3,(H,25,30)(H,26,31,32). The van der Waals surface area contributed by atoms with Gasteiger partial charge in [0.15, 0.2) is 11.0 Å². The monoisotopic (exact) mass is 462 g/mol. The number of fused-ring (bicyclic) bond motifs is 1. The summed E-state index contributed by atoms with van der Waals surface area (Å²) >= 11 is 1.25. The largest absolute Gasteiger partial charge is 0.378 e. The van der Waals surface area contributed by atoms with Gasteiger partial charge >= 0.3 is 0 Å². The summed E-state index contributed by atoms with van der Waals surface area (Å²) in [6.45, 7) is 6.82. The number of allylic oxidation sites excluding steroid dienone is 1. The van der Waals surface area contributed by atoms with Crippen LogP contribution in [-0.4, -0.2) is 38.2 Å². The van der Waals surface area contributed by atoms with Crippen molar-refractivity contribution in [2.75, 3.05) is 16.4 Å². The van der Waals surface area contributed by atoms with Crippen LogP contribution in [0.3, 0.4) is 0 Å². The van der Waals surface area contributed by atoms with Crippen molar-refractivity contribution in [1.82, 2.24) is 20.1 Å². The molecule has 0 bridgehead atoms. The van der Waals surface area contributed by atoms with Crippen LogP contribution >= 0.6 is 11.8 Å². The SMILES string of the molecule is C=CCn1c(CNc2ccc(C)cc2)nnc1SCC(=O)Nc1ccc2c(c1)C(=O)NC2=O. The summed E-state index contributed by atoms with van der Waals surface area (Å²) in [5, 5.41) is 17.4. The molecule has 1 aliphatic rings. The van der Waals surface area contributed by atoms with E-state index in [0.29, 0.717) is 29.5 Å². The average molecular weight is 463 g/mol. The predicted octanol–water partition coefficient (Wildman–Crippen LogP) is 3.00. The summed E-state index contributed by atoms with van der Waals surface area (Å²) in [4.78, 5) is 35.9. The first kappa shape index (κ1) is 22.3. The highest BCUT2D eigenvalue weighted by Gasteiger charge is 2.26. The van der Waals surface area contributed by atoms with Gasteiger partial charge in [0.1, 0.15) is 0 Å². The van der Waals surface area contributed by atoms with Gasteiger partial charge in [-0.25, -0.2) is 0 Å². The molecule has 0 unspecified atom stereocenters. The third-order valence-corrected chi connectivity index (χ3v) is 5.93. The van der Waals surface area contributed by atoms with Gasteiger partial charge < -0.3 is 15.2 Å². The molecule has 1 aromatic heterocycles. The summed E-state index contributed by atoms with van der Waals surface area (Å²) < 4.78 is 1.90. The molecule has 0 aliphatic carbocycles. The van der Waals surface area contributed by atoms with E-state index in [2.05, 4.69) is 32.7 Å². The molecule has 0 saturated carbocycles. The minimum Gasteiger partial charge on any atom is -0.378 e. The molecular formula is C23H22N6O3S. The summed E-state index contributed by atoms with van der Waals surface area (Å²) in [7, 11) is 0. The number of aryl methyl sites for hydroxylation is 1. The normalized spacial score (nSPS) is 12.3. The smallest absolute Gasteiger partial charge is 0.259 e. The van der Waals surface area contributed by atoms with Gasteiger partial charge in [-0.3, -0.25) is 19.7 Å². The lowest BCUT2D eigenvalue weighted by Crippen LogP contribution is -2.19. The highest BCUT2D eigenvalue weighted by atomic mass is 32.2. The van der Waals surface area contributed by atoms with Gasteiger partial charge in [-0.1, -0.05) is 35.5 Å². The molecule has 0 radical (unpaired) electrons. The van der Waals surface area contributed by atoms with Gasteiger partial charge in [0, 0.05) is 17.9 Å². The molecule has 9 nitrogen and oxygen atoms in total. The number of amides is 3. The maximum Gasteiger partial charge on any atom is 0.259 e. The van der Waals surface area contributed by atoms with Crippen LogP contribution in [0.2, 0.25) is 0 Å².